The third-order valence-electron chi connectivity index (χ3n) is 4.12. The Hall–Kier alpha value is -3.55. The predicted octanol–water partition coefficient (Wildman–Crippen LogP) is 3.77. The van der Waals surface area contributed by atoms with Crippen LogP contribution < -0.4 is 5.32 Å². The summed E-state index contributed by atoms with van der Waals surface area (Å²) >= 11 is 0. The maximum absolute atomic E-state index is 13.8. The van der Waals surface area contributed by atoms with Crippen molar-refractivity contribution in [3.05, 3.63) is 66.6 Å². The van der Waals surface area contributed by atoms with Crippen LogP contribution >= 0.6 is 0 Å². The number of aryl methyl sites for hydroxylation is 1. The van der Waals surface area contributed by atoms with E-state index >= 15 is 0 Å². The van der Waals surface area contributed by atoms with Gasteiger partial charge in [-0.25, -0.2) is 14.4 Å². The summed E-state index contributed by atoms with van der Waals surface area (Å²) in [5, 5.41) is 7.08. The Morgan fingerprint density at radius 3 is 2.81 bits per heavy atom. The van der Waals surface area contributed by atoms with Gasteiger partial charge >= 0.3 is 0 Å². The van der Waals surface area contributed by atoms with E-state index in [1.54, 1.807) is 30.6 Å². The van der Waals surface area contributed by atoms with Crippen molar-refractivity contribution in [2.45, 2.75) is 20.0 Å². The Labute approximate surface area is 154 Å². The first-order chi connectivity index (χ1) is 13.2. The Kier molecular flexibility index (Phi) is 4.61. The highest BCUT2D eigenvalue weighted by Gasteiger charge is 2.14. The number of hydrogen-bond donors (Lipinski definition) is 1. The van der Waals surface area contributed by atoms with Gasteiger partial charge in [0.05, 0.1) is 17.7 Å². The highest BCUT2D eigenvalue weighted by molar-refractivity contribution is 5.60. The van der Waals surface area contributed by atoms with Gasteiger partial charge in [-0.1, -0.05) is 17.3 Å². The monoisotopic (exact) mass is 364 g/mol. The van der Waals surface area contributed by atoms with Gasteiger partial charge < -0.3 is 14.4 Å². The predicted molar refractivity (Wildman–Crippen MR) is 98.2 cm³/mol. The number of pyridine rings is 1. The van der Waals surface area contributed by atoms with Crippen molar-refractivity contribution in [1.29, 1.82) is 0 Å². The van der Waals surface area contributed by atoms with E-state index in [4.69, 9.17) is 4.52 Å². The van der Waals surface area contributed by atoms with Crippen molar-refractivity contribution in [2.24, 2.45) is 0 Å². The second-order valence-electron chi connectivity index (χ2n) is 5.82. The minimum Gasteiger partial charge on any atom is -0.363 e. The molecule has 0 radical (unpaired) electrons. The molecule has 1 aromatic carbocycles. The van der Waals surface area contributed by atoms with Crippen LogP contribution in [0.2, 0.25) is 0 Å². The number of halogens is 1. The number of rotatable bonds is 6. The lowest BCUT2D eigenvalue weighted by Crippen LogP contribution is -2.08. The van der Waals surface area contributed by atoms with Gasteiger partial charge in [0.25, 0.3) is 5.89 Å². The average Bonchev–Trinajstić information content (AvgIpc) is 3.36. The van der Waals surface area contributed by atoms with Crippen LogP contribution in [-0.2, 0) is 13.1 Å². The van der Waals surface area contributed by atoms with Gasteiger partial charge in [0.15, 0.2) is 0 Å². The van der Waals surface area contributed by atoms with Crippen molar-refractivity contribution in [2.75, 3.05) is 5.32 Å². The number of nitrogens with one attached hydrogen (secondary N) is 1. The van der Waals surface area contributed by atoms with E-state index in [0.29, 0.717) is 23.5 Å². The quantitative estimate of drug-likeness (QED) is 0.561. The number of aromatic nitrogens is 5. The molecule has 0 aliphatic heterocycles. The molecule has 0 saturated heterocycles. The van der Waals surface area contributed by atoms with E-state index in [2.05, 4.69) is 36.9 Å². The van der Waals surface area contributed by atoms with Crippen molar-refractivity contribution in [1.82, 2.24) is 24.7 Å². The first-order valence-corrected chi connectivity index (χ1v) is 8.53. The molecule has 0 aliphatic rings. The molecular formula is C19H17FN6O. The third-order valence-corrected chi connectivity index (χ3v) is 4.12. The molecule has 7 nitrogen and oxygen atoms in total. The third kappa shape index (κ3) is 3.55. The molecule has 0 bridgehead atoms. The Morgan fingerprint density at radius 1 is 1.15 bits per heavy atom. The molecule has 3 aromatic heterocycles. The smallest absolute Gasteiger partial charge is 0.259 e. The standard InChI is InChI=1S/C19H17FN6O/c1-2-26-10-9-21-17(26)12-23-16-8-7-13(11-22-16)19-24-18(25-27-19)14-5-3-4-6-15(14)20/h3-11H,2,12H2,1H3,(H,22,23). The van der Waals surface area contributed by atoms with E-state index < -0.39 is 5.82 Å². The minimum atomic E-state index is -0.395. The Balaban J connectivity index is 1.47. The van der Waals surface area contributed by atoms with Gasteiger partial charge in [0.2, 0.25) is 5.82 Å². The molecule has 0 saturated carbocycles. The number of benzene rings is 1. The SMILES string of the molecule is CCn1ccnc1CNc1ccc(-c2nc(-c3ccccc3F)no2)cn1. The largest absolute Gasteiger partial charge is 0.363 e. The molecule has 0 fully saturated rings. The van der Waals surface area contributed by atoms with Crippen LogP contribution in [0.5, 0.6) is 0 Å². The topological polar surface area (TPSA) is 81.7 Å². The fourth-order valence-electron chi connectivity index (χ4n) is 2.68. The summed E-state index contributed by atoms with van der Waals surface area (Å²) in [5.41, 5.74) is 0.955. The number of anilines is 1. The van der Waals surface area contributed by atoms with Crippen molar-refractivity contribution < 1.29 is 8.91 Å². The summed E-state index contributed by atoms with van der Waals surface area (Å²) < 4.78 is 21.2. The van der Waals surface area contributed by atoms with Crippen LogP contribution in [0.15, 0.2) is 59.5 Å². The van der Waals surface area contributed by atoms with Crippen molar-refractivity contribution >= 4 is 5.82 Å². The van der Waals surface area contributed by atoms with E-state index in [0.717, 1.165) is 12.4 Å². The van der Waals surface area contributed by atoms with Gasteiger partial charge in [-0.2, -0.15) is 4.98 Å². The first kappa shape index (κ1) is 16.9. The van der Waals surface area contributed by atoms with Crippen LogP contribution in [0, 0.1) is 5.82 Å². The molecular weight excluding hydrogens is 347 g/mol. The summed E-state index contributed by atoms with van der Waals surface area (Å²) in [6.45, 7) is 3.51. The van der Waals surface area contributed by atoms with Gasteiger partial charge in [-0.3, -0.25) is 0 Å². The number of nitrogens with zero attached hydrogens (tertiary/aromatic N) is 5. The van der Waals surface area contributed by atoms with E-state index in [1.807, 2.05) is 18.3 Å². The lowest BCUT2D eigenvalue weighted by atomic mass is 10.2. The van der Waals surface area contributed by atoms with Crippen LogP contribution in [0.1, 0.15) is 12.7 Å². The molecule has 0 amide bonds. The molecule has 0 unspecified atom stereocenters. The Morgan fingerprint density at radius 2 is 2.04 bits per heavy atom. The zero-order valence-electron chi connectivity index (χ0n) is 14.6. The molecule has 136 valence electrons. The second-order valence-corrected chi connectivity index (χ2v) is 5.82. The molecule has 4 rings (SSSR count). The van der Waals surface area contributed by atoms with Crippen LogP contribution in [-0.4, -0.2) is 24.7 Å². The molecule has 8 heteroatoms. The second kappa shape index (κ2) is 7.36. The van der Waals surface area contributed by atoms with Crippen LogP contribution in [0.3, 0.4) is 0 Å². The number of imidazole rings is 1. The fraction of sp³-hybridized carbons (Fsp3) is 0.158. The Bertz CT molecular complexity index is 1040. The van der Waals surface area contributed by atoms with Gasteiger partial charge in [-0.15, -0.1) is 0 Å². The van der Waals surface area contributed by atoms with E-state index in [9.17, 15) is 4.39 Å². The van der Waals surface area contributed by atoms with Crippen molar-refractivity contribution in [3.8, 4) is 22.8 Å². The molecule has 1 N–H and O–H groups in total. The van der Waals surface area contributed by atoms with E-state index in [-0.39, 0.29) is 11.7 Å². The lowest BCUT2D eigenvalue weighted by molar-refractivity contribution is 0.431. The maximum atomic E-state index is 13.8. The average molecular weight is 364 g/mol. The highest BCUT2D eigenvalue weighted by Crippen LogP contribution is 2.24. The molecule has 0 aliphatic carbocycles. The highest BCUT2D eigenvalue weighted by atomic mass is 19.1. The van der Waals surface area contributed by atoms with Crippen LogP contribution in [0.25, 0.3) is 22.8 Å². The van der Waals surface area contributed by atoms with E-state index in [1.165, 1.54) is 6.07 Å². The zero-order valence-corrected chi connectivity index (χ0v) is 14.6. The van der Waals surface area contributed by atoms with Crippen molar-refractivity contribution in [3.63, 3.8) is 0 Å². The molecule has 3 heterocycles. The number of hydrogen-bond acceptors (Lipinski definition) is 6. The summed E-state index contributed by atoms with van der Waals surface area (Å²) in [5.74, 6) is 1.74. The molecule has 4 aromatic rings. The summed E-state index contributed by atoms with van der Waals surface area (Å²) in [6, 6.07) is 9.94. The fourth-order valence-corrected chi connectivity index (χ4v) is 2.68. The van der Waals surface area contributed by atoms with Crippen LogP contribution in [0.4, 0.5) is 10.2 Å². The molecule has 27 heavy (non-hydrogen) atoms. The molecule has 0 spiro atoms. The summed E-state index contributed by atoms with van der Waals surface area (Å²) in [6.07, 6.45) is 5.35. The minimum absolute atomic E-state index is 0.205. The molecule has 0 atom stereocenters. The summed E-state index contributed by atoms with van der Waals surface area (Å²) in [7, 11) is 0. The summed E-state index contributed by atoms with van der Waals surface area (Å²) in [4.78, 5) is 12.9. The lowest BCUT2D eigenvalue weighted by Gasteiger charge is -2.07. The van der Waals surface area contributed by atoms with Gasteiger partial charge in [0, 0.05) is 25.1 Å². The maximum Gasteiger partial charge on any atom is 0.259 e. The first-order valence-electron chi connectivity index (χ1n) is 8.53. The van der Waals surface area contributed by atoms with Gasteiger partial charge in [0.1, 0.15) is 17.5 Å². The normalized spacial score (nSPS) is 10.9. The van der Waals surface area contributed by atoms with Gasteiger partial charge in [-0.05, 0) is 31.2 Å². The zero-order chi connectivity index (χ0) is 18.6.